The predicted octanol–water partition coefficient (Wildman–Crippen LogP) is 16.8. The van der Waals surface area contributed by atoms with Crippen molar-refractivity contribution in [2.75, 3.05) is 0 Å². The van der Waals surface area contributed by atoms with Gasteiger partial charge in [0.05, 0.1) is 11.0 Å². The van der Waals surface area contributed by atoms with E-state index < -0.39 is 0 Å². The number of nitrogens with zero attached hydrogens (tertiary/aromatic N) is 1. The van der Waals surface area contributed by atoms with Gasteiger partial charge in [-0.05, 0) is 170 Å². The van der Waals surface area contributed by atoms with Gasteiger partial charge in [0.2, 0.25) is 0 Å². The Bertz CT molecular complexity index is 3310. The second kappa shape index (κ2) is 14.5. The molecular formula is C63H57N. The second-order valence-corrected chi connectivity index (χ2v) is 20.5. The van der Waals surface area contributed by atoms with Crippen molar-refractivity contribution in [1.82, 2.24) is 4.57 Å². The first-order valence-corrected chi connectivity index (χ1v) is 23.8. The number of hydrogen-bond donors (Lipinski definition) is 0. The molecule has 0 spiro atoms. The highest BCUT2D eigenvalue weighted by Crippen LogP contribution is 2.53. The zero-order valence-corrected chi connectivity index (χ0v) is 38.2. The number of aromatic nitrogens is 1. The van der Waals surface area contributed by atoms with E-state index in [4.69, 9.17) is 0 Å². The molecule has 1 aromatic heterocycles. The van der Waals surface area contributed by atoms with Crippen LogP contribution < -0.4 is 0 Å². The fourth-order valence-corrected chi connectivity index (χ4v) is 12.0. The summed E-state index contributed by atoms with van der Waals surface area (Å²) < 4.78 is 2.48. The van der Waals surface area contributed by atoms with Gasteiger partial charge in [0.25, 0.3) is 0 Å². The third kappa shape index (κ3) is 5.89. The molecule has 1 heterocycles. The standard InChI is InChI=1S/C41H39N.C22H18/c1-26(2)27-16-18-29(19-17-27)40(28-10-9-11-28)30-20-22-31(23-21-30)42-38-15-8-6-13-33(38)35-24-37-34(25-39(35)42)32-12-5-7-14-36(32)41(37,3)4;1-22(2)20-10-6-5-9-17(20)19-12-15-11-14-7-3-4-8-16(14)18(15)13-21(19)22/h5-8,12-16,18-27H,9-11,17H2,1-4H3;3-10,12-13H,11H2,1-2H3. The van der Waals surface area contributed by atoms with E-state index in [1.165, 1.54) is 130 Å². The van der Waals surface area contributed by atoms with Crippen molar-refractivity contribution in [2.45, 2.75) is 84.5 Å². The first-order valence-electron chi connectivity index (χ1n) is 23.8. The molecule has 8 aromatic rings. The van der Waals surface area contributed by atoms with Crippen molar-refractivity contribution in [2.24, 2.45) is 11.8 Å². The molecule has 0 bridgehead atoms. The van der Waals surface area contributed by atoms with E-state index >= 15 is 0 Å². The van der Waals surface area contributed by atoms with Crippen LogP contribution in [0.15, 0.2) is 175 Å². The highest BCUT2D eigenvalue weighted by Gasteiger charge is 2.38. The monoisotopic (exact) mass is 827 g/mol. The van der Waals surface area contributed by atoms with E-state index in [-0.39, 0.29) is 10.8 Å². The lowest BCUT2D eigenvalue weighted by molar-refractivity contribution is 0.467. The zero-order valence-electron chi connectivity index (χ0n) is 38.2. The molecule has 5 aliphatic carbocycles. The molecule has 5 aliphatic rings. The Morgan fingerprint density at radius 2 is 1.17 bits per heavy atom. The van der Waals surface area contributed by atoms with Crippen LogP contribution in [0.5, 0.6) is 0 Å². The summed E-state index contributed by atoms with van der Waals surface area (Å²) in [6.45, 7) is 14.1. The normalized spacial score (nSPS) is 17.8. The van der Waals surface area contributed by atoms with E-state index in [1.54, 1.807) is 5.57 Å². The Hall–Kier alpha value is -6.44. The van der Waals surface area contributed by atoms with Crippen LogP contribution in [0.25, 0.3) is 66.4 Å². The van der Waals surface area contributed by atoms with Crippen LogP contribution in [0.1, 0.15) is 106 Å². The lowest BCUT2D eigenvalue weighted by Gasteiger charge is -2.26. The Kier molecular flexibility index (Phi) is 8.90. The number of hydrogen-bond acceptors (Lipinski definition) is 0. The van der Waals surface area contributed by atoms with Gasteiger partial charge < -0.3 is 4.57 Å². The van der Waals surface area contributed by atoms with E-state index in [9.17, 15) is 0 Å². The van der Waals surface area contributed by atoms with E-state index in [0.717, 1.165) is 12.8 Å². The zero-order chi connectivity index (χ0) is 43.5. The van der Waals surface area contributed by atoms with Gasteiger partial charge in [0, 0.05) is 27.3 Å². The van der Waals surface area contributed by atoms with Gasteiger partial charge in [-0.2, -0.15) is 0 Å². The van der Waals surface area contributed by atoms with Crippen molar-refractivity contribution in [3.8, 4) is 39.1 Å². The lowest BCUT2D eigenvalue weighted by atomic mass is 9.79. The molecule has 13 rings (SSSR count). The third-order valence-electron chi connectivity index (χ3n) is 15.9. The van der Waals surface area contributed by atoms with Gasteiger partial charge in [-0.25, -0.2) is 0 Å². The summed E-state index contributed by atoms with van der Waals surface area (Å²) in [5.74, 6) is 1.34. The molecule has 1 unspecified atom stereocenters. The number of rotatable bonds is 4. The Morgan fingerprint density at radius 3 is 1.83 bits per heavy atom. The molecule has 1 fully saturated rings. The van der Waals surface area contributed by atoms with Crippen LogP contribution in [0.3, 0.4) is 0 Å². The smallest absolute Gasteiger partial charge is 0.0547 e. The summed E-state index contributed by atoms with van der Waals surface area (Å²) in [6.07, 6.45) is 13.3. The SMILES string of the molecule is CC(C)C1C=CC(C(=C2CCC2)c2ccc(-n3c4ccccc4c4cc5c(cc43)-c3ccccc3C5(C)C)cc2)=CC1.CC1(C)c2ccccc2-c2cc3c(cc21)-c1ccccc1C3. The molecule has 7 aromatic carbocycles. The van der Waals surface area contributed by atoms with E-state index in [1.807, 2.05) is 0 Å². The van der Waals surface area contributed by atoms with Crippen molar-refractivity contribution >= 4 is 27.4 Å². The number of fused-ring (bicyclic) bond motifs is 12. The first kappa shape index (κ1) is 39.2. The minimum Gasteiger partial charge on any atom is -0.309 e. The summed E-state index contributed by atoms with van der Waals surface area (Å²) in [7, 11) is 0. The quantitative estimate of drug-likeness (QED) is 0.167. The minimum absolute atomic E-state index is 0.00612. The van der Waals surface area contributed by atoms with Gasteiger partial charge in [-0.3, -0.25) is 0 Å². The topological polar surface area (TPSA) is 4.93 Å². The van der Waals surface area contributed by atoms with Gasteiger partial charge >= 0.3 is 0 Å². The van der Waals surface area contributed by atoms with Crippen LogP contribution in [0.2, 0.25) is 0 Å². The number of allylic oxidation sites excluding steroid dienone is 6. The van der Waals surface area contributed by atoms with Crippen LogP contribution >= 0.6 is 0 Å². The maximum Gasteiger partial charge on any atom is 0.0547 e. The molecule has 64 heavy (non-hydrogen) atoms. The first-order chi connectivity index (χ1) is 31.1. The lowest BCUT2D eigenvalue weighted by Crippen LogP contribution is -2.14. The molecule has 0 aliphatic heterocycles. The Labute approximate surface area is 379 Å². The molecule has 0 amide bonds. The molecule has 0 radical (unpaired) electrons. The van der Waals surface area contributed by atoms with Crippen LogP contribution in [0, 0.1) is 11.8 Å². The van der Waals surface area contributed by atoms with Gasteiger partial charge in [0.15, 0.2) is 0 Å². The van der Waals surface area contributed by atoms with Crippen molar-refractivity contribution in [1.29, 1.82) is 0 Å². The van der Waals surface area contributed by atoms with E-state index in [0.29, 0.717) is 11.8 Å². The highest BCUT2D eigenvalue weighted by atomic mass is 15.0. The summed E-state index contributed by atoms with van der Waals surface area (Å²) in [6, 6.07) is 54.8. The van der Waals surface area contributed by atoms with Crippen LogP contribution in [0.4, 0.5) is 0 Å². The molecule has 1 heteroatoms. The molecule has 1 nitrogen and oxygen atoms in total. The fourth-order valence-electron chi connectivity index (χ4n) is 12.0. The molecule has 1 saturated carbocycles. The average Bonchev–Trinajstić information content (AvgIpc) is 3.97. The maximum absolute atomic E-state index is 2.49. The molecule has 1 atom stereocenters. The van der Waals surface area contributed by atoms with Crippen molar-refractivity contribution in [3.05, 3.63) is 214 Å². The van der Waals surface area contributed by atoms with Crippen molar-refractivity contribution in [3.63, 3.8) is 0 Å². The Morgan fingerprint density at radius 1 is 0.547 bits per heavy atom. The summed E-state index contributed by atoms with van der Waals surface area (Å²) in [5.41, 5.74) is 26.9. The summed E-state index contributed by atoms with van der Waals surface area (Å²) in [4.78, 5) is 0. The highest BCUT2D eigenvalue weighted by molar-refractivity contribution is 6.11. The van der Waals surface area contributed by atoms with Crippen LogP contribution in [-0.2, 0) is 17.3 Å². The van der Waals surface area contributed by atoms with E-state index in [2.05, 4.69) is 210 Å². The van der Waals surface area contributed by atoms with Gasteiger partial charge in [-0.1, -0.05) is 168 Å². The third-order valence-corrected chi connectivity index (χ3v) is 15.9. The fraction of sp³-hybridized carbons (Fsp3) is 0.238. The number of benzene rings is 7. The summed E-state index contributed by atoms with van der Waals surface area (Å²) >= 11 is 0. The minimum atomic E-state index is -0.00612. The Balaban J connectivity index is 0.000000164. The average molecular weight is 828 g/mol. The molecule has 0 saturated heterocycles. The van der Waals surface area contributed by atoms with Gasteiger partial charge in [-0.15, -0.1) is 0 Å². The van der Waals surface area contributed by atoms with Gasteiger partial charge in [0.1, 0.15) is 0 Å². The van der Waals surface area contributed by atoms with Crippen LogP contribution in [-0.4, -0.2) is 4.57 Å². The molecule has 0 N–H and O–H groups in total. The molecular weight excluding hydrogens is 771 g/mol. The van der Waals surface area contributed by atoms with Crippen molar-refractivity contribution < 1.29 is 0 Å². The largest absolute Gasteiger partial charge is 0.309 e. The number of para-hydroxylation sites is 1. The predicted molar refractivity (Wildman–Crippen MR) is 272 cm³/mol. The molecule has 314 valence electrons. The summed E-state index contributed by atoms with van der Waals surface area (Å²) in [5, 5.41) is 2.66. The maximum atomic E-state index is 2.49. The second-order valence-electron chi connectivity index (χ2n) is 20.5.